The predicted molar refractivity (Wildman–Crippen MR) is 139 cm³/mol. The van der Waals surface area contributed by atoms with Gasteiger partial charge in [0.05, 0.1) is 49.1 Å². The number of pyridine rings is 1. The van der Waals surface area contributed by atoms with Gasteiger partial charge in [-0.3, -0.25) is 9.88 Å². The average Bonchev–Trinajstić information content (AvgIpc) is 3.66. The molecule has 11 nitrogen and oxygen atoms in total. The van der Waals surface area contributed by atoms with Gasteiger partial charge >= 0.3 is 5.97 Å². The zero-order chi connectivity index (χ0) is 26.4. The first kappa shape index (κ1) is 24.2. The van der Waals surface area contributed by atoms with E-state index in [1.165, 1.54) is 13.2 Å². The highest BCUT2D eigenvalue weighted by atomic mass is 19.1. The van der Waals surface area contributed by atoms with Crippen LogP contribution in [-0.2, 0) is 23.1 Å². The van der Waals surface area contributed by atoms with Crippen molar-refractivity contribution in [3.05, 3.63) is 54.0 Å². The largest absolute Gasteiger partial charge is 0.464 e. The number of nitrogens with one attached hydrogen (secondary N) is 2. The zero-order valence-corrected chi connectivity index (χ0v) is 21.2. The first-order chi connectivity index (χ1) is 18.4. The van der Waals surface area contributed by atoms with Crippen molar-refractivity contribution in [2.24, 2.45) is 7.05 Å². The van der Waals surface area contributed by atoms with E-state index in [4.69, 9.17) is 9.47 Å². The number of carbonyl (C=O) groups excluding carboxylic acids is 1. The number of nitrogens with zero attached hydrogens (tertiary/aromatic N) is 6. The molecule has 3 aromatic heterocycles. The minimum absolute atomic E-state index is 0.0618. The summed E-state index contributed by atoms with van der Waals surface area (Å²) in [5, 5.41) is 5.96. The van der Waals surface area contributed by atoms with Gasteiger partial charge in [-0.15, -0.1) is 0 Å². The molecule has 5 heterocycles. The molecule has 0 amide bonds. The van der Waals surface area contributed by atoms with Crippen molar-refractivity contribution in [1.29, 1.82) is 0 Å². The molecule has 0 saturated carbocycles. The second kappa shape index (κ2) is 9.62. The fourth-order valence-corrected chi connectivity index (χ4v) is 5.13. The summed E-state index contributed by atoms with van der Waals surface area (Å²) in [4.78, 5) is 33.0. The Morgan fingerprint density at radius 3 is 2.84 bits per heavy atom. The number of ether oxygens (including phenoxy) is 2. The number of hydrogen-bond acceptors (Lipinski definition) is 10. The third-order valence-corrected chi connectivity index (χ3v) is 7.09. The van der Waals surface area contributed by atoms with Crippen molar-refractivity contribution in [2.75, 3.05) is 37.9 Å². The van der Waals surface area contributed by atoms with Gasteiger partial charge in [-0.1, -0.05) is 6.07 Å². The molecule has 12 heteroatoms. The summed E-state index contributed by atoms with van der Waals surface area (Å²) in [7, 11) is 4.81. The molecular weight excluding hydrogens is 491 g/mol. The van der Waals surface area contributed by atoms with E-state index >= 15 is 4.39 Å². The number of imidazole rings is 1. The van der Waals surface area contributed by atoms with Gasteiger partial charge in [0.15, 0.2) is 17.3 Å². The lowest BCUT2D eigenvalue weighted by molar-refractivity contribution is 0.0273. The molecule has 2 N–H and O–H groups in total. The van der Waals surface area contributed by atoms with Gasteiger partial charge in [0.25, 0.3) is 0 Å². The number of carbonyl (C=O) groups is 1. The lowest BCUT2D eigenvalue weighted by atomic mass is 10.1. The Morgan fingerprint density at radius 1 is 1.26 bits per heavy atom. The summed E-state index contributed by atoms with van der Waals surface area (Å²) < 4.78 is 27.7. The summed E-state index contributed by atoms with van der Waals surface area (Å²) in [5.74, 6) is -0.748. The number of aromatic nitrogens is 5. The minimum Gasteiger partial charge on any atom is -0.464 e. The van der Waals surface area contributed by atoms with Gasteiger partial charge in [0, 0.05) is 39.4 Å². The molecule has 2 aliphatic heterocycles. The van der Waals surface area contributed by atoms with Crippen LogP contribution >= 0.6 is 0 Å². The number of hydrogen-bond donors (Lipinski definition) is 2. The molecule has 38 heavy (non-hydrogen) atoms. The van der Waals surface area contributed by atoms with Crippen molar-refractivity contribution >= 4 is 34.3 Å². The maximum absolute atomic E-state index is 15.2. The normalized spacial score (nSPS) is 18.7. The Morgan fingerprint density at radius 2 is 2.13 bits per heavy atom. The monoisotopic (exact) mass is 518 g/mol. The van der Waals surface area contributed by atoms with Gasteiger partial charge < -0.3 is 24.7 Å². The van der Waals surface area contributed by atoms with Crippen molar-refractivity contribution in [3.63, 3.8) is 0 Å². The molecule has 2 aliphatic rings. The molecule has 2 atom stereocenters. The number of aryl methyl sites for hydroxylation is 1. The van der Waals surface area contributed by atoms with Crippen molar-refractivity contribution in [1.82, 2.24) is 29.4 Å². The average molecular weight is 519 g/mol. The van der Waals surface area contributed by atoms with Crippen LogP contribution in [0.2, 0.25) is 0 Å². The van der Waals surface area contributed by atoms with Crippen LogP contribution in [0.5, 0.6) is 0 Å². The number of rotatable bonds is 7. The maximum Gasteiger partial charge on any atom is 0.360 e. The van der Waals surface area contributed by atoms with E-state index in [1.807, 2.05) is 17.7 Å². The highest BCUT2D eigenvalue weighted by Crippen LogP contribution is 2.34. The van der Waals surface area contributed by atoms with Gasteiger partial charge in [0.1, 0.15) is 17.0 Å². The maximum atomic E-state index is 15.2. The van der Waals surface area contributed by atoms with E-state index in [-0.39, 0.29) is 23.3 Å². The molecule has 0 spiro atoms. The SMILES string of the molecule is CNc1nc(Nc2ccc(CN3C[C@@H]4C[C@H]3CO4)cc2F)c(C(=O)OC)nc1-c1cncc2c1ncn2C. The predicted octanol–water partition coefficient (Wildman–Crippen LogP) is 3.11. The minimum atomic E-state index is -0.714. The third-order valence-electron chi connectivity index (χ3n) is 7.09. The topological polar surface area (TPSA) is 119 Å². The standard InChI is InChI=1S/C26H27FN8O3/c1-28-24-22(17-8-29-9-20-21(17)30-13-34(20)2)32-23(26(36)37-3)25(33-24)31-19-5-4-14(6-18(19)27)10-35-11-16-7-15(35)12-38-16/h4-6,8-9,13,15-16H,7,10-12H2,1-3H3,(H2,28,31,33)/t15-,16-/m0/s1. The van der Waals surface area contributed by atoms with Crippen LogP contribution in [0.1, 0.15) is 22.5 Å². The third kappa shape index (κ3) is 4.21. The van der Waals surface area contributed by atoms with Crippen LogP contribution in [0.15, 0.2) is 36.9 Å². The van der Waals surface area contributed by atoms with Crippen LogP contribution in [0.25, 0.3) is 22.3 Å². The van der Waals surface area contributed by atoms with Crippen LogP contribution in [0.4, 0.5) is 21.7 Å². The molecule has 0 unspecified atom stereocenters. The van der Waals surface area contributed by atoms with Crippen LogP contribution < -0.4 is 10.6 Å². The summed E-state index contributed by atoms with van der Waals surface area (Å²) in [5.41, 5.74) is 3.35. The van der Waals surface area contributed by atoms with Gasteiger partial charge in [-0.25, -0.2) is 24.1 Å². The molecule has 6 rings (SSSR count). The molecule has 4 aromatic rings. The molecule has 0 radical (unpaired) electrons. The van der Waals surface area contributed by atoms with E-state index in [1.54, 1.807) is 31.8 Å². The molecule has 2 saturated heterocycles. The summed E-state index contributed by atoms with van der Waals surface area (Å²) >= 11 is 0. The highest BCUT2D eigenvalue weighted by molar-refractivity contribution is 5.98. The number of fused-ring (bicyclic) bond motifs is 3. The van der Waals surface area contributed by atoms with E-state index in [9.17, 15) is 4.79 Å². The van der Waals surface area contributed by atoms with E-state index in [0.717, 1.165) is 30.7 Å². The smallest absolute Gasteiger partial charge is 0.360 e. The summed E-state index contributed by atoms with van der Waals surface area (Å²) in [6.07, 6.45) is 6.31. The molecule has 196 valence electrons. The molecule has 2 bridgehead atoms. The quantitative estimate of drug-likeness (QED) is 0.353. The first-order valence-corrected chi connectivity index (χ1v) is 12.3. The molecule has 2 fully saturated rings. The number of benzene rings is 1. The van der Waals surface area contributed by atoms with Gasteiger partial charge in [-0.2, -0.15) is 0 Å². The fraction of sp³-hybridized carbons (Fsp3) is 0.346. The fourth-order valence-electron chi connectivity index (χ4n) is 5.13. The number of likely N-dealkylation sites (tertiary alicyclic amines) is 1. The zero-order valence-electron chi connectivity index (χ0n) is 21.2. The van der Waals surface area contributed by atoms with Crippen LogP contribution in [0.3, 0.4) is 0 Å². The molecule has 1 aromatic carbocycles. The lowest BCUT2D eigenvalue weighted by Crippen LogP contribution is -2.36. The van der Waals surface area contributed by atoms with Crippen molar-refractivity contribution in [2.45, 2.75) is 25.1 Å². The second-order valence-corrected chi connectivity index (χ2v) is 9.48. The first-order valence-electron chi connectivity index (χ1n) is 12.3. The Hall–Kier alpha value is -4.16. The Kier molecular flexibility index (Phi) is 6.12. The van der Waals surface area contributed by atoms with E-state index < -0.39 is 11.8 Å². The number of methoxy groups -OCH3 is 1. The Labute approximate surface area is 218 Å². The van der Waals surface area contributed by atoms with E-state index in [2.05, 4.69) is 35.5 Å². The number of esters is 1. The van der Waals surface area contributed by atoms with Crippen LogP contribution in [0, 0.1) is 5.82 Å². The van der Waals surface area contributed by atoms with Crippen molar-refractivity contribution < 1.29 is 18.7 Å². The van der Waals surface area contributed by atoms with Gasteiger partial charge in [-0.05, 0) is 24.1 Å². The van der Waals surface area contributed by atoms with Crippen molar-refractivity contribution in [3.8, 4) is 11.3 Å². The Balaban J connectivity index is 1.34. The number of halogens is 1. The van der Waals surface area contributed by atoms with Crippen LogP contribution in [-0.4, -0.2) is 74.8 Å². The lowest BCUT2D eigenvalue weighted by Gasteiger charge is -2.26. The molecular formula is C26H27FN8O3. The Bertz CT molecular complexity index is 1540. The highest BCUT2D eigenvalue weighted by Gasteiger charge is 2.38. The molecule has 0 aliphatic carbocycles. The second-order valence-electron chi connectivity index (χ2n) is 9.48. The number of anilines is 3. The van der Waals surface area contributed by atoms with Gasteiger partial charge in [0.2, 0.25) is 0 Å². The summed E-state index contributed by atoms with van der Waals surface area (Å²) in [6.45, 7) is 2.25. The summed E-state index contributed by atoms with van der Waals surface area (Å²) in [6, 6.07) is 5.40. The number of morpholine rings is 1. The van der Waals surface area contributed by atoms with E-state index in [0.29, 0.717) is 35.2 Å².